The van der Waals surface area contributed by atoms with Gasteiger partial charge in [0.05, 0.1) is 18.8 Å². The molecule has 1 fully saturated rings. The second-order valence-electron chi connectivity index (χ2n) is 7.54. The Morgan fingerprint density at radius 2 is 1.87 bits per heavy atom. The van der Waals surface area contributed by atoms with Crippen molar-refractivity contribution in [2.75, 3.05) is 11.5 Å². The number of carbonyl (C=O) groups excluding carboxylic acids is 2. The van der Waals surface area contributed by atoms with Gasteiger partial charge >= 0.3 is 5.97 Å². The molecule has 2 aromatic carbocycles. The third-order valence-electron chi connectivity index (χ3n) is 5.33. The summed E-state index contributed by atoms with van der Waals surface area (Å²) in [6.07, 6.45) is 0.713. The summed E-state index contributed by atoms with van der Waals surface area (Å²) in [6.45, 7) is 4.14. The van der Waals surface area contributed by atoms with Crippen molar-refractivity contribution >= 4 is 28.3 Å². The summed E-state index contributed by atoms with van der Waals surface area (Å²) in [7, 11) is 0. The second-order valence-corrected chi connectivity index (χ2v) is 8.52. The van der Waals surface area contributed by atoms with E-state index in [1.807, 2.05) is 30.3 Å². The number of esters is 1. The molecule has 2 atom stereocenters. The molecule has 31 heavy (non-hydrogen) atoms. The van der Waals surface area contributed by atoms with Crippen LogP contribution in [0.5, 0.6) is 0 Å². The first-order chi connectivity index (χ1) is 15.0. The fraction of sp³-hybridized carbons (Fsp3) is 0.292. The van der Waals surface area contributed by atoms with Gasteiger partial charge in [0.15, 0.2) is 5.13 Å². The van der Waals surface area contributed by atoms with E-state index >= 15 is 0 Å². The summed E-state index contributed by atoms with van der Waals surface area (Å²) in [5.41, 5.74) is 2.48. The maximum atomic E-state index is 13.5. The smallest absolute Gasteiger partial charge is 0.350 e. The maximum absolute atomic E-state index is 13.5. The Morgan fingerprint density at radius 3 is 2.55 bits per heavy atom. The van der Waals surface area contributed by atoms with Gasteiger partial charge in [-0.2, -0.15) is 0 Å². The molecule has 1 aromatic heterocycles. The van der Waals surface area contributed by atoms with Crippen LogP contribution in [-0.4, -0.2) is 23.5 Å². The van der Waals surface area contributed by atoms with Crippen molar-refractivity contribution in [3.8, 4) is 0 Å². The van der Waals surface area contributed by atoms with Crippen molar-refractivity contribution in [1.82, 2.24) is 4.98 Å². The van der Waals surface area contributed by atoms with E-state index in [-0.39, 0.29) is 30.2 Å². The van der Waals surface area contributed by atoms with E-state index < -0.39 is 5.97 Å². The van der Waals surface area contributed by atoms with Crippen LogP contribution in [0.15, 0.2) is 54.6 Å². The number of rotatable bonds is 7. The second kappa shape index (κ2) is 8.98. The summed E-state index contributed by atoms with van der Waals surface area (Å²) in [6, 6.07) is 16.0. The summed E-state index contributed by atoms with van der Waals surface area (Å²) in [5.74, 6) is -0.877. The molecule has 1 aliphatic carbocycles. The summed E-state index contributed by atoms with van der Waals surface area (Å²) in [5, 5.41) is 0.485. The van der Waals surface area contributed by atoms with Crippen molar-refractivity contribution in [1.29, 1.82) is 0 Å². The molecule has 7 heteroatoms. The number of aryl methyl sites for hydroxylation is 1. The molecular weight excluding hydrogens is 415 g/mol. The van der Waals surface area contributed by atoms with Crippen molar-refractivity contribution in [2.45, 2.75) is 32.7 Å². The molecule has 4 rings (SSSR count). The molecule has 3 aromatic rings. The predicted octanol–water partition coefficient (Wildman–Crippen LogP) is 5.10. The Bertz CT molecular complexity index is 1080. The van der Waals surface area contributed by atoms with Gasteiger partial charge in [-0.05, 0) is 49.4 Å². The van der Waals surface area contributed by atoms with E-state index in [0.717, 1.165) is 11.1 Å². The molecule has 1 amide bonds. The van der Waals surface area contributed by atoms with Crippen LogP contribution in [-0.2, 0) is 16.1 Å². The number of amides is 1. The molecule has 1 heterocycles. The molecule has 0 N–H and O–H groups in total. The van der Waals surface area contributed by atoms with E-state index in [2.05, 4.69) is 4.98 Å². The highest BCUT2D eigenvalue weighted by molar-refractivity contribution is 7.17. The summed E-state index contributed by atoms with van der Waals surface area (Å²) < 4.78 is 18.4. The van der Waals surface area contributed by atoms with E-state index in [4.69, 9.17) is 4.74 Å². The van der Waals surface area contributed by atoms with E-state index in [1.165, 1.54) is 23.5 Å². The largest absolute Gasteiger partial charge is 0.462 e. The Kier molecular flexibility index (Phi) is 6.13. The third kappa shape index (κ3) is 4.66. The van der Waals surface area contributed by atoms with Gasteiger partial charge in [-0.1, -0.05) is 53.8 Å². The zero-order valence-corrected chi connectivity index (χ0v) is 18.2. The van der Waals surface area contributed by atoms with Crippen molar-refractivity contribution in [3.63, 3.8) is 0 Å². The van der Waals surface area contributed by atoms with Crippen molar-refractivity contribution < 1.29 is 18.7 Å². The number of halogens is 1. The number of aromatic nitrogens is 1. The normalized spacial score (nSPS) is 17.3. The van der Waals surface area contributed by atoms with Crippen molar-refractivity contribution in [2.24, 2.45) is 5.92 Å². The summed E-state index contributed by atoms with van der Waals surface area (Å²) >= 11 is 1.18. The highest BCUT2D eigenvalue weighted by Gasteiger charge is 2.46. The number of benzene rings is 2. The first-order valence-electron chi connectivity index (χ1n) is 10.2. The number of ether oxygens (including phenoxy) is 1. The van der Waals surface area contributed by atoms with Gasteiger partial charge in [-0.3, -0.25) is 9.69 Å². The quantitative estimate of drug-likeness (QED) is 0.481. The number of nitrogens with zero attached hydrogens (tertiary/aromatic N) is 2. The highest BCUT2D eigenvalue weighted by atomic mass is 32.1. The van der Waals surface area contributed by atoms with Gasteiger partial charge in [-0.15, -0.1) is 0 Å². The monoisotopic (exact) mass is 438 g/mol. The molecule has 0 spiro atoms. The molecule has 5 nitrogen and oxygen atoms in total. The van der Waals surface area contributed by atoms with Gasteiger partial charge in [0.2, 0.25) is 5.91 Å². The number of hydrogen-bond acceptors (Lipinski definition) is 5. The minimum Gasteiger partial charge on any atom is -0.462 e. The lowest BCUT2D eigenvalue weighted by Crippen LogP contribution is -2.32. The molecule has 0 saturated heterocycles. The fourth-order valence-electron chi connectivity index (χ4n) is 3.64. The van der Waals surface area contributed by atoms with Crippen LogP contribution in [0.25, 0.3) is 0 Å². The molecule has 0 aliphatic heterocycles. The van der Waals surface area contributed by atoms with Crippen LogP contribution in [0, 0.1) is 18.7 Å². The standard InChI is InChI=1S/C24H23FN2O3S/c1-3-30-23(29)21-15(2)26-24(31-21)27(14-16-7-5-4-6-8-16)22(28)20-13-19(20)17-9-11-18(25)12-10-17/h4-12,19-20H,3,13-14H2,1-2H3. The van der Waals surface area contributed by atoms with E-state index in [9.17, 15) is 14.0 Å². The van der Waals surface area contributed by atoms with Gasteiger partial charge in [-0.25, -0.2) is 14.2 Å². The number of thiazole rings is 1. The Morgan fingerprint density at radius 1 is 1.16 bits per heavy atom. The molecule has 1 saturated carbocycles. The molecular formula is C24H23FN2O3S. The topological polar surface area (TPSA) is 59.5 Å². The minimum absolute atomic E-state index is 0.0395. The average Bonchev–Trinajstić information content (AvgIpc) is 3.47. The number of hydrogen-bond donors (Lipinski definition) is 0. The fourth-order valence-corrected chi connectivity index (χ4v) is 4.60. The molecule has 0 bridgehead atoms. The highest BCUT2D eigenvalue weighted by Crippen LogP contribution is 2.49. The van der Waals surface area contributed by atoms with Crippen LogP contribution in [0.1, 0.15) is 45.8 Å². The Balaban J connectivity index is 1.61. The van der Waals surface area contributed by atoms with Crippen LogP contribution in [0.4, 0.5) is 9.52 Å². The zero-order valence-electron chi connectivity index (χ0n) is 17.4. The van der Waals surface area contributed by atoms with Crippen LogP contribution in [0.3, 0.4) is 0 Å². The summed E-state index contributed by atoms with van der Waals surface area (Å²) in [4.78, 5) is 32.3. The first-order valence-corrected chi connectivity index (χ1v) is 11.0. The third-order valence-corrected chi connectivity index (χ3v) is 6.49. The number of anilines is 1. The molecule has 1 aliphatic rings. The minimum atomic E-state index is -0.425. The van der Waals surface area contributed by atoms with Gasteiger partial charge < -0.3 is 4.74 Å². The average molecular weight is 439 g/mol. The van der Waals surface area contributed by atoms with Crippen molar-refractivity contribution in [3.05, 3.63) is 82.1 Å². The van der Waals surface area contributed by atoms with E-state index in [1.54, 1.807) is 30.9 Å². The molecule has 160 valence electrons. The van der Waals surface area contributed by atoms with Gasteiger partial charge in [0.1, 0.15) is 10.7 Å². The maximum Gasteiger partial charge on any atom is 0.350 e. The molecule has 0 radical (unpaired) electrons. The Hall–Kier alpha value is -3.06. The molecule has 2 unspecified atom stereocenters. The lowest BCUT2D eigenvalue weighted by Gasteiger charge is -2.20. The lowest BCUT2D eigenvalue weighted by molar-refractivity contribution is -0.120. The Labute approximate surface area is 184 Å². The first kappa shape index (κ1) is 21.2. The SMILES string of the molecule is CCOC(=O)c1sc(N(Cc2ccccc2)C(=O)C2CC2c2ccc(F)cc2)nc1C. The van der Waals surface area contributed by atoms with Gasteiger partial charge in [0, 0.05) is 5.92 Å². The van der Waals surface area contributed by atoms with Crippen LogP contribution >= 0.6 is 11.3 Å². The van der Waals surface area contributed by atoms with Gasteiger partial charge in [0.25, 0.3) is 0 Å². The van der Waals surface area contributed by atoms with Crippen LogP contribution < -0.4 is 4.90 Å². The zero-order chi connectivity index (χ0) is 22.0. The predicted molar refractivity (Wildman–Crippen MR) is 118 cm³/mol. The van der Waals surface area contributed by atoms with Crippen LogP contribution in [0.2, 0.25) is 0 Å². The van der Waals surface area contributed by atoms with E-state index in [0.29, 0.717) is 28.7 Å². The number of carbonyl (C=O) groups is 2. The lowest BCUT2D eigenvalue weighted by atomic mass is 10.1.